The number of benzene rings is 1. The fourth-order valence-electron chi connectivity index (χ4n) is 1.43. The lowest BCUT2D eigenvalue weighted by molar-refractivity contribution is 0.237. The van der Waals surface area contributed by atoms with Crippen molar-refractivity contribution in [2.75, 3.05) is 0 Å². The molecule has 0 fully saturated rings. The number of aliphatic hydroxyl groups is 1. The summed E-state index contributed by atoms with van der Waals surface area (Å²) in [6, 6.07) is 5.97. The predicted molar refractivity (Wildman–Crippen MR) is 83.3 cm³/mol. The van der Waals surface area contributed by atoms with Gasteiger partial charge >= 0.3 is 0 Å². The second kappa shape index (κ2) is 7.40. The van der Waals surface area contributed by atoms with Crippen molar-refractivity contribution in [2.45, 2.75) is 53.4 Å². The predicted octanol–water partition coefficient (Wildman–Crippen LogP) is 4.24. The van der Waals surface area contributed by atoms with Gasteiger partial charge < -0.3 is 5.11 Å². The molecule has 0 saturated carbocycles. The first kappa shape index (κ1) is 17.0. The SMILES string of the molecule is CC.Cc1cccc(C(O)C#C[Si](C)(C)C)c1C. The van der Waals surface area contributed by atoms with Crippen molar-refractivity contribution in [3.8, 4) is 11.5 Å². The van der Waals surface area contributed by atoms with Crippen molar-refractivity contribution in [3.63, 3.8) is 0 Å². The Kier molecular flexibility index (Phi) is 6.98. The highest BCUT2D eigenvalue weighted by Crippen LogP contribution is 2.19. The van der Waals surface area contributed by atoms with Gasteiger partial charge in [0.05, 0.1) is 0 Å². The molecule has 1 aromatic rings. The zero-order valence-corrected chi connectivity index (χ0v) is 13.8. The Balaban J connectivity index is 0.00000137. The molecule has 0 aromatic heterocycles. The van der Waals surface area contributed by atoms with Crippen LogP contribution in [0.5, 0.6) is 0 Å². The van der Waals surface area contributed by atoms with Gasteiger partial charge in [-0.1, -0.05) is 57.6 Å². The zero-order valence-electron chi connectivity index (χ0n) is 12.8. The maximum atomic E-state index is 10.0. The molecule has 0 spiro atoms. The van der Waals surface area contributed by atoms with E-state index in [-0.39, 0.29) is 0 Å². The molecule has 1 atom stereocenters. The smallest absolute Gasteiger partial charge is 0.139 e. The summed E-state index contributed by atoms with van der Waals surface area (Å²) in [5.74, 6) is 2.97. The number of rotatable bonds is 1. The summed E-state index contributed by atoms with van der Waals surface area (Å²) in [4.78, 5) is 0. The molecule has 0 aliphatic rings. The van der Waals surface area contributed by atoms with Crippen LogP contribution in [0.2, 0.25) is 19.6 Å². The Morgan fingerprint density at radius 2 is 1.67 bits per heavy atom. The fraction of sp³-hybridized carbons (Fsp3) is 0.500. The second-order valence-corrected chi connectivity index (χ2v) is 9.96. The van der Waals surface area contributed by atoms with E-state index in [2.05, 4.69) is 44.1 Å². The molecule has 0 radical (unpaired) electrons. The average molecular weight is 262 g/mol. The highest BCUT2D eigenvalue weighted by molar-refractivity contribution is 6.83. The van der Waals surface area contributed by atoms with Crippen molar-refractivity contribution < 1.29 is 5.11 Å². The lowest BCUT2D eigenvalue weighted by atomic mass is 10.00. The minimum atomic E-state index is -1.40. The molecule has 1 unspecified atom stereocenters. The molecule has 0 amide bonds. The van der Waals surface area contributed by atoms with Crippen LogP contribution in [0, 0.1) is 25.3 Å². The first-order valence-electron chi connectivity index (χ1n) is 6.58. The largest absolute Gasteiger partial charge is 0.376 e. The maximum Gasteiger partial charge on any atom is 0.139 e. The van der Waals surface area contributed by atoms with Crippen LogP contribution in [-0.4, -0.2) is 13.2 Å². The number of hydrogen-bond donors (Lipinski definition) is 1. The molecule has 18 heavy (non-hydrogen) atoms. The van der Waals surface area contributed by atoms with Crippen molar-refractivity contribution in [3.05, 3.63) is 34.9 Å². The van der Waals surface area contributed by atoms with Gasteiger partial charge in [0.15, 0.2) is 0 Å². The molecule has 1 aromatic carbocycles. The summed E-state index contributed by atoms with van der Waals surface area (Å²) in [7, 11) is -1.40. The summed E-state index contributed by atoms with van der Waals surface area (Å²) in [5.41, 5.74) is 6.48. The quantitative estimate of drug-likeness (QED) is 0.593. The Morgan fingerprint density at radius 1 is 1.11 bits per heavy atom. The number of hydrogen-bond acceptors (Lipinski definition) is 1. The van der Waals surface area contributed by atoms with E-state index in [0.29, 0.717) is 0 Å². The maximum absolute atomic E-state index is 10.0. The van der Waals surface area contributed by atoms with Gasteiger partial charge in [0.2, 0.25) is 0 Å². The van der Waals surface area contributed by atoms with E-state index in [1.54, 1.807) is 0 Å². The first-order valence-corrected chi connectivity index (χ1v) is 10.1. The standard InChI is InChI=1S/C14H20OSi.C2H6/c1-11-7-6-8-13(12(11)2)14(15)9-10-16(3,4)5;1-2/h6-8,14-15H,1-5H3;1-2H3. The third-order valence-corrected chi connectivity index (χ3v) is 3.42. The molecular formula is C16H26OSi. The lowest BCUT2D eigenvalue weighted by Gasteiger charge is -2.11. The van der Waals surface area contributed by atoms with E-state index in [1.807, 2.05) is 32.9 Å². The Morgan fingerprint density at radius 3 is 2.17 bits per heavy atom. The van der Waals surface area contributed by atoms with Crippen LogP contribution < -0.4 is 0 Å². The topological polar surface area (TPSA) is 20.2 Å². The van der Waals surface area contributed by atoms with Gasteiger partial charge in [-0.15, -0.1) is 5.54 Å². The Labute approximate surface area is 113 Å². The molecule has 1 N–H and O–H groups in total. The van der Waals surface area contributed by atoms with Gasteiger partial charge in [-0.2, -0.15) is 0 Å². The van der Waals surface area contributed by atoms with Crippen LogP contribution in [-0.2, 0) is 0 Å². The number of aryl methyl sites for hydroxylation is 1. The Bertz CT molecular complexity index is 433. The van der Waals surface area contributed by atoms with Gasteiger partial charge in [0, 0.05) is 0 Å². The molecule has 100 valence electrons. The third kappa shape index (κ3) is 5.53. The van der Waals surface area contributed by atoms with Crippen LogP contribution in [0.25, 0.3) is 0 Å². The van der Waals surface area contributed by atoms with E-state index in [4.69, 9.17) is 0 Å². The summed E-state index contributed by atoms with van der Waals surface area (Å²) >= 11 is 0. The van der Waals surface area contributed by atoms with Crippen molar-refractivity contribution >= 4 is 8.07 Å². The average Bonchev–Trinajstić information content (AvgIpc) is 2.31. The summed E-state index contributed by atoms with van der Waals surface area (Å²) in [5, 5.41) is 10.0. The Hall–Kier alpha value is -1.04. The van der Waals surface area contributed by atoms with E-state index in [9.17, 15) is 5.11 Å². The molecule has 0 aliphatic carbocycles. The highest BCUT2D eigenvalue weighted by Gasteiger charge is 2.11. The van der Waals surface area contributed by atoms with Crippen molar-refractivity contribution in [2.24, 2.45) is 0 Å². The van der Waals surface area contributed by atoms with Gasteiger partial charge in [0.25, 0.3) is 0 Å². The summed E-state index contributed by atoms with van der Waals surface area (Å²) < 4.78 is 0. The molecular weight excluding hydrogens is 236 g/mol. The lowest BCUT2D eigenvalue weighted by Crippen LogP contribution is -2.17. The van der Waals surface area contributed by atoms with E-state index >= 15 is 0 Å². The van der Waals surface area contributed by atoms with Crippen LogP contribution in [0.1, 0.15) is 36.6 Å². The molecule has 2 heteroatoms. The first-order chi connectivity index (χ1) is 8.31. The summed E-state index contributed by atoms with van der Waals surface area (Å²) in [6.45, 7) is 14.6. The normalized spacial score (nSPS) is 11.8. The van der Waals surface area contributed by atoms with Crippen LogP contribution >= 0.6 is 0 Å². The molecule has 1 nitrogen and oxygen atoms in total. The van der Waals surface area contributed by atoms with E-state index in [0.717, 1.165) is 11.1 Å². The minimum absolute atomic E-state index is 0.647. The van der Waals surface area contributed by atoms with Crippen LogP contribution in [0.3, 0.4) is 0 Å². The zero-order chi connectivity index (χ0) is 14.3. The molecule has 1 rings (SSSR count). The van der Waals surface area contributed by atoms with Gasteiger partial charge in [0.1, 0.15) is 14.2 Å². The van der Waals surface area contributed by atoms with E-state index in [1.165, 1.54) is 5.56 Å². The third-order valence-electron chi connectivity index (χ3n) is 2.53. The summed E-state index contributed by atoms with van der Waals surface area (Å²) in [6.07, 6.45) is -0.647. The van der Waals surface area contributed by atoms with E-state index < -0.39 is 14.2 Å². The van der Waals surface area contributed by atoms with Gasteiger partial charge in [-0.25, -0.2) is 0 Å². The minimum Gasteiger partial charge on any atom is -0.376 e. The fourth-order valence-corrected chi connectivity index (χ4v) is 2.00. The second-order valence-electron chi connectivity index (χ2n) is 5.21. The van der Waals surface area contributed by atoms with Crippen molar-refractivity contribution in [1.29, 1.82) is 0 Å². The van der Waals surface area contributed by atoms with Crippen LogP contribution in [0.4, 0.5) is 0 Å². The van der Waals surface area contributed by atoms with Crippen LogP contribution in [0.15, 0.2) is 18.2 Å². The monoisotopic (exact) mass is 262 g/mol. The van der Waals surface area contributed by atoms with Gasteiger partial charge in [-0.3, -0.25) is 0 Å². The molecule has 0 aliphatic heterocycles. The van der Waals surface area contributed by atoms with Crippen molar-refractivity contribution in [1.82, 2.24) is 0 Å². The molecule has 0 saturated heterocycles. The highest BCUT2D eigenvalue weighted by atomic mass is 28.3. The van der Waals surface area contributed by atoms with Gasteiger partial charge in [-0.05, 0) is 30.5 Å². The molecule has 0 bridgehead atoms. The number of aliphatic hydroxyl groups excluding tert-OH is 1. The molecule has 0 heterocycles.